The number of para-hydroxylation sites is 1. The molecule has 0 bridgehead atoms. The van der Waals surface area contributed by atoms with E-state index in [1.54, 1.807) is 0 Å². The van der Waals surface area contributed by atoms with Gasteiger partial charge in [-0.05, 0) is 43.2 Å². The van der Waals surface area contributed by atoms with Crippen LogP contribution in [0, 0.1) is 11.6 Å². The summed E-state index contributed by atoms with van der Waals surface area (Å²) in [6, 6.07) is 6.78. The molecule has 1 saturated heterocycles. The van der Waals surface area contributed by atoms with Crippen molar-refractivity contribution in [3.8, 4) is 5.75 Å². The van der Waals surface area contributed by atoms with Gasteiger partial charge in [0.1, 0.15) is 28.0 Å². The fraction of sp³-hybridized carbons (Fsp3) is 0.300. The van der Waals surface area contributed by atoms with Crippen LogP contribution in [0.3, 0.4) is 0 Å². The highest BCUT2D eigenvalue weighted by molar-refractivity contribution is 7.89. The first-order valence-corrected chi connectivity index (χ1v) is 10.8. The van der Waals surface area contributed by atoms with Crippen molar-refractivity contribution in [3.63, 3.8) is 0 Å². The molecule has 2 aromatic rings. The zero-order valence-electron chi connectivity index (χ0n) is 16.6. The number of halogens is 2. The molecule has 1 heterocycles. The molecule has 1 aliphatic rings. The van der Waals surface area contributed by atoms with Gasteiger partial charge in [0.15, 0.2) is 6.61 Å². The van der Waals surface area contributed by atoms with E-state index in [-0.39, 0.29) is 16.2 Å². The number of carbonyl (C=O) groups is 2. The van der Waals surface area contributed by atoms with E-state index in [0.717, 1.165) is 37.1 Å². The van der Waals surface area contributed by atoms with Gasteiger partial charge < -0.3 is 14.8 Å². The number of hydrogen-bond donors (Lipinski definition) is 1. The minimum Gasteiger partial charge on any atom is -0.495 e. The lowest BCUT2D eigenvalue weighted by molar-refractivity contribution is -0.119. The average Bonchev–Trinajstić information content (AvgIpc) is 3.30. The molecule has 0 aromatic heterocycles. The average molecular weight is 454 g/mol. The second-order valence-electron chi connectivity index (χ2n) is 6.70. The molecule has 1 aliphatic heterocycles. The van der Waals surface area contributed by atoms with E-state index in [2.05, 4.69) is 0 Å². The summed E-state index contributed by atoms with van der Waals surface area (Å²) in [7, 11) is -2.57. The van der Waals surface area contributed by atoms with Gasteiger partial charge in [0.25, 0.3) is 5.91 Å². The van der Waals surface area contributed by atoms with Crippen molar-refractivity contribution < 1.29 is 36.3 Å². The highest BCUT2D eigenvalue weighted by Gasteiger charge is 2.31. The third kappa shape index (κ3) is 5.00. The van der Waals surface area contributed by atoms with E-state index in [1.165, 1.54) is 23.5 Å². The normalized spacial score (nSPS) is 14.3. The van der Waals surface area contributed by atoms with E-state index in [1.807, 2.05) is 5.32 Å². The molecule has 2 aromatic carbocycles. The molecule has 3 rings (SSSR count). The highest BCUT2D eigenvalue weighted by Crippen LogP contribution is 2.30. The molecule has 0 unspecified atom stereocenters. The fourth-order valence-corrected chi connectivity index (χ4v) is 4.78. The van der Waals surface area contributed by atoms with Crippen LogP contribution in [0.25, 0.3) is 0 Å². The first kappa shape index (κ1) is 22.6. The van der Waals surface area contributed by atoms with Gasteiger partial charge in [-0.2, -0.15) is 4.31 Å². The van der Waals surface area contributed by atoms with Crippen LogP contribution >= 0.6 is 0 Å². The van der Waals surface area contributed by atoms with Crippen molar-refractivity contribution in [3.05, 3.63) is 53.6 Å². The van der Waals surface area contributed by atoms with Crippen LogP contribution in [0.2, 0.25) is 0 Å². The SMILES string of the molecule is COc1ccc(C(=O)OCC(=O)Nc2c(F)cccc2F)cc1S(=O)(=O)N1CCCC1. The predicted octanol–water partition coefficient (Wildman–Crippen LogP) is 2.55. The van der Waals surface area contributed by atoms with Gasteiger partial charge in [-0.25, -0.2) is 22.0 Å². The lowest BCUT2D eigenvalue weighted by atomic mass is 10.2. The molecule has 0 radical (unpaired) electrons. The van der Waals surface area contributed by atoms with Gasteiger partial charge in [0.05, 0.1) is 12.7 Å². The Morgan fingerprint density at radius 3 is 2.35 bits per heavy atom. The number of benzene rings is 2. The van der Waals surface area contributed by atoms with Crippen LogP contribution in [-0.4, -0.2) is 51.4 Å². The van der Waals surface area contributed by atoms with Crippen LogP contribution in [0.1, 0.15) is 23.2 Å². The molecule has 0 aliphatic carbocycles. The summed E-state index contributed by atoms with van der Waals surface area (Å²) in [6.07, 6.45) is 1.47. The van der Waals surface area contributed by atoms with E-state index in [9.17, 15) is 26.8 Å². The van der Waals surface area contributed by atoms with E-state index in [0.29, 0.717) is 13.1 Å². The van der Waals surface area contributed by atoms with E-state index < -0.39 is 45.8 Å². The van der Waals surface area contributed by atoms with Crippen LogP contribution in [-0.2, 0) is 19.6 Å². The number of anilines is 1. The molecule has 31 heavy (non-hydrogen) atoms. The number of nitrogens with zero attached hydrogens (tertiary/aromatic N) is 1. The Morgan fingerprint density at radius 2 is 1.74 bits per heavy atom. The summed E-state index contributed by atoms with van der Waals surface area (Å²) in [5, 5.41) is 1.99. The number of hydrogen-bond acceptors (Lipinski definition) is 6. The Labute approximate surface area is 177 Å². The smallest absolute Gasteiger partial charge is 0.338 e. The zero-order valence-corrected chi connectivity index (χ0v) is 17.4. The van der Waals surface area contributed by atoms with Crippen LogP contribution in [0.15, 0.2) is 41.3 Å². The third-order valence-electron chi connectivity index (χ3n) is 4.64. The van der Waals surface area contributed by atoms with Gasteiger partial charge in [-0.15, -0.1) is 0 Å². The number of nitrogens with one attached hydrogen (secondary N) is 1. The zero-order chi connectivity index (χ0) is 22.6. The first-order valence-electron chi connectivity index (χ1n) is 9.33. The topological polar surface area (TPSA) is 102 Å². The summed E-state index contributed by atoms with van der Waals surface area (Å²) < 4.78 is 64.2. The molecule has 1 N–H and O–H groups in total. The Morgan fingerprint density at radius 1 is 1.10 bits per heavy atom. The predicted molar refractivity (Wildman–Crippen MR) is 106 cm³/mol. The van der Waals surface area contributed by atoms with Gasteiger partial charge >= 0.3 is 5.97 Å². The van der Waals surface area contributed by atoms with Gasteiger partial charge in [0.2, 0.25) is 10.0 Å². The summed E-state index contributed by atoms with van der Waals surface area (Å²) in [5.74, 6) is -3.84. The number of carbonyl (C=O) groups excluding carboxylic acids is 2. The minimum atomic E-state index is -3.88. The summed E-state index contributed by atoms with van der Waals surface area (Å²) >= 11 is 0. The Bertz CT molecular complexity index is 1080. The maximum absolute atomic E-state index is 13.6. The molecular formula is C20H20F2N2O6S. The molecule has 0 atom stereocenters. The summed E-state index contributed by atoms with van der Waals surface area (Å²) in [6.45, 7) is -0.0906. The van der Waals surface area contributed by atoms with E-state index >= 15 is 0 Å². The number of rotatable bonds is 7. The molecule has 0 saturated carbocycles. The largest absolute Gasteiger partial charge is 0.495 e. The van der Waals surface area contributed by atoms with Crippen molar-refractivity contribution >= 4 is 27.6 Å². The number of esters is 1. The molecule has 11 heteroatoms. The summed E-state index contributed by atoms with van der Waals surface area (Å²) in [5.41, 5.74) is -0.782. The molecular weight excluding hydrogens is 434 g/mol. The molecule has 0 spiro atoms. The monoisotopic (exact) mass is 454 g/mol. The third-order valence-corrected chi connectivity index (χ3v) is 6.56. The minimum absolute atomic E-state index is 0.0659. The lowest BCUT2D eigenvalue weighted by Gasteiger charge is -2.18. The van der Waals surface area contributed by atoms with Crippen molar-refractivity contribution in [2.75, 3.05) is 32.1 Å². The standard InChI is InChI=1S/C20H20F2N2O6S/c1-29-16-8-7-13(11-17(16)31(27,28)24-9-2-3-10-24)20(26)30-12-18(25)23-19-14(21)5-4-6-15(19)22/h4-8,11H,2-3,9-10,12H2,1H3,(H,23,25). The van der Waals surface area contributed by atoms with Gasteiger partial charge in [0, 0.05) is 13.1 Å². The molecule has 1 fully saturated rings. The lowest BCUT2D eigenvalue weighted by Crippen LogP contribution is -2.28. The Hall–Kier alpha value is -3.05. The maximum atomic E-state index is 13.6. The number of amides is 1. The van der Waals surface area contributed by atoms with Crippen molar-refractivity contribution in [1.82, 2.24) is 4.31 Å². The van der Waals surface area contributed by atoms with Crippen molar-refractivity contribution in [1.29, 1.82) is 0 Å². The quantitative estimate of drug-likeness (QED) is 0.646. The second-order valence-corrected chi connectivity index (χ2v) is 8.60. The Kier molecular flexibility index (Phi) is 6.86. The maximum Gasteiger partial charge on any atom is 0.338 e. The number of ether oxygens (including phenoxy) is 2. The number of sulfonamides is 1. The second kappa shape index (κ2) is 9.40. The fourth-order valence-electron chi connectivity index (χ4n) is 3.08. The van der Waals surface area contributed by atoms with Gasteiger partial charge in [-0.3, -0.25) is 4.79 Å². The van der Waals surface area contributed by atoms with Gasteiger partial charge in [-0.1, -0.05) is 6.07 Å². The first-order chi connectivity index (χ1) is 14.7. The van der Waals surface area contributed by atoms with Crippen LogP contribution < -0.4 is 10.1 Å². The summed E-state index contributed by atoms with van der Waals surface area (Å²) in [4.78, 5) is 24.1. The highest BCUT2D eigenvalue weighted by atomic mass is 32.2. The van der Waals surface area contributed by atoms with Crippen molar-refractivity contribution in [2.24, 2.45) is 0 Å². The molecule has 1 amide bonds. The van der Waals surface area contributed by atoms with Crippen molar-refractivity contribution in [2.45, 2.75) is 17.7 Å². The molecule has 8 nitrogen and oxygen atoms in total. The van der Waals surface area contributed by atoms with Crippen LogP contribution in [0.4, 0.5) is 14.5 Å². The Balaban J connectivity index is 1.72. The van der Waals surface area contributed by atoms with Crippen LogP contribution in [0.5, 0.6) is 5.75 Å². The molecule has 166 valence electrons. The number of methoxy groups -OCH3 is 1. The van der Waals surface area contributed by atoms with E-state index in [4.69, 9.17) is 9.47 Å².